The number of hydrogen-bond donors (Lipinski definition) is 4. The minimum absolute atomic E-state index is 0.166. The number of carboxylic acids is 1. The number of nitrogens with two attached hydrogens (primary N) is 1. The fraction of sp³-hybridized carbons (Fsp3) is 0.444. The van der Waals surface area contributed by atoms with Gasteiger partial charge < -0.3 is 26.2 Å². The van der Waals surface area contributed by atoms with Crippen molar-refractivity contribution in [3.8, 4) is 0 Å². The maximum absolute atomic E-state index is 13.2. The molecule has 1 aromatic carbocycles. The van der Waals surface area contributed by atoms with Crippen LogP contribution in [0.15, 0.2) is 54.1 Å². The molecule has 0 saturated carbocycles. The topological polar surface area (TPSA) is 165 Å². The Morgan fingerprint density at radius 2 is 1.65 bits per heavy atom. The van der Waals surface area contributed by atoms with Gasteiger partial charge in [0.2, 0.25) is 17.7 Å². The molecule has 1 rings (SSSR count). The molecule has 0 heterocycles. The minimum atomic E-state index is -1.32. The summed E-state index contributed by atoms with van der Waals surface area (Å²) >= 11 is 0. The number of esters is 1. The first kappa shape index (κ1) is 31.1. The van der Waals surface area contributed by atoms with E-state index in [0.29, 0.717) is 0 Å². The van der Waals surface area contributed by atoms with E-state index in [1.165, 1.54) is 19.9 Å². The van der Waals surface area contributed by atoms with E-state index in [-0.39, 0.29) is 12.8 Å². The van der Waals surface area contributed by atoms with E-state index in [9.17, 15) is 29.1 Å². The predicted octanol–water partition coefficient (Wildman–Crippen LogP) is 2.20. The largest absolute Gasteiger partial charge is 0.480 e. The maximum atomic E-state index is 13.2. The molecule has 0 bridgehead atoms. The Hall–Kier alpha value is -3.95. The molecule has 0 saturated heterocycles. The molecular weight excluding hydrogens is 478 g/mol. The van der Waals surface area contributed by atoms with Crippen LogP contribution >= 0.6 is 0 Å². The normalized spacial score (nSPS) is 15.6. The Bertz CT molecular complexity index is 1020. The highest BCUT2D eigenvalue weighted by molar-refractivity contribution is 5.92. The summed E-state index contributed by atoms with van der Waals surface area (Å²) in [5, 5.41) is 14.4. The third-order valence-electron chi connectivity index (χ3n) is 6.04. The third kappa shape index (κ3) is 10.7. The molecule has 0 aromatic heterocycles. The van der Waals surface area contributed by atoms with Gasteiger partial charge in [-0.2, -0.15) is 0 Å². The van der Waals surface area contributed by atoms with E-state index >= 15 is 0 Å². The molecule has 0 aliphatic rings. The quantitative estimate of drug-likeness (QED) is 0.167. The van der Waals surface area contributed by atoms with Crippen molar-refractivity contribution in [2.24, 2.45) is 11.7 Å². The first-order chi connectivity index (χ1) is 17.4. The number of carboxylic acid groups (broad SMARTS) is 1. The number of aliphatic carboxylic acids is 1. The second-order valence-electron chi connectivity index (χ2n) is 8.89. The summed E-state index contributed by atoms with van der Waals surface area (Å²) in [5.74, 6) is -5.26. The molecule has 1 aromatic rings. The van der Waals surface area contributed by atoms with Gasteiger partial charge in [0, 0.05) is 18.4 Å². The summed E-state index contributed by atoms with van der Waals surface area (Å²) in [5.41, 5.74) is 6.74. The summed E-state index contributed by atoms with van der Waals surface area (Å²) in [7, 11) is 0. The van der Waals surface area contributed by atoms with Crippen molar-refractivity contribution >= 4 is 29.7 Å². The van der Waals surface area contributed by atoms with Crippen LogP contribution in [-0.2, 0) is 28.7 Å². The van der Waals surface area contributed by atoms with Crippen LogP contribution < -0.4 is 16.4 Å². The van der Waals surface area contributed by atoms with Crippen LogP contribution in [-0.4, -0.2) is 53.0 Å². The number of amides is 3. The van der Waals surface area contributed by atoms with Gasteiger partial charge in [0.15, 0.2) is 0 Å². The lowest BCUT2D eigenvalue weighted by Gasteiger charge is -2.27. The number of nitrogens with one attached hydrogen (secondary N) is 2. The molecule has 0 spiro atoms. The molecule has 37 heavy (non-hydrogen) atoms. The van der Waals surface area contributed by atoms with Crippen LogP contribution in [0.2, 0.25) is 0 Å². The average molecular weight is 516 g/mol. The molecule has 202 valence electrons. The molecule has 0 aliphatic heterocycles. The van der Waals surface area contributed by atoms with Gasteiger partial charge in [0.1, 0.15) is 18.2 Å². The molecule has 5 unspecified atom stereocenters. The number of carbonyl (C=O) groups is 5. The summed E-state index contributed by atoms with van der Waals surface area (Å²) in [6, 6.07) is 6.76. The van der Waals surface area contributed by atoms with E-state index in [0.717, 1.165) is 11.1 Å². The molecular formula is C27H37N3O7. The van der Waals surface area contributed by atoms with Gasteiger partial charge in [0.05, 0.1) is 5.92 Å². The zero-order valence-electron chi connectivity index (χ0n) is 21.9. The number of rotatable bonds is 14. The highest BCUT2D eigenvalue weighted by atomic mass is 16.5. The molecule has 3 amide bonds. The molecule has 0 fully saturated rings. The number of carbonyl (C=O) groups excluding carboxylic acids is 4. The van der Waals surface area contributed by atoms with Crippen molar-refractivity contribution in [2.45, 2.75) is 71.6 Å². The van der Waals surface area contributed by atoms with Gasteiger partial charge in [-0.1, -0.05) is 61.9 Å². The van der Waals surface area contributed by atoms with Crippen LogP contribution in [0.25, 0.3) is 0 Å². The number of allylic oxidation sites excluding steroid dienone is 3. The lowest BCUT2D eigenvalue weighted by Crippen LogP contribution is -2.48. The second kappa shape index (κ2) is 15.2. The van der Waals surface area contributed by atoms with Gasteiger partial charge in [-0.15, -0.1) is 0 Å². The molecule has 10 heteroatoms. The van der Waals surface area contributed by atoms with Crippen LogP contribution in [0.3, 0.4) is 0 Å². The van der Waals surface area contributed by atoms with Gasteiger partial charge in [-0.05, 0) is 32.8 Å². The van der Waals surface area contributed by atoms with Crippen molar-refractivity contribution in [3.05, 3.63) is 59.7 Å². The van der Waals surface area contributed by atoms with Crippen LogP contribution in [0.1, 0.15) is 58.9 Å². The summed E-state index contributed by atoms with van der Waals surface area (Å²) in [4.78, 5) is 60.8. The van der Waals surface area contributed by atoms with Gasteiger partial charge in [0.25, 0.3) is 0 Å². The Morgan fingerprint density at radius 3 is 2.19 bits per heavy atom. The van der Waals surface area contributed by atoms with Crippen LogP contribution in [0.4, 0.5) is 0 Å². The highest BCUT2D eigenvalue weighted by Crippen LogP contribution is 2.21. The smallest absolute Gasteiger partial charge is 0.329 e. The fourth-order valence-electron chi connectivity index (χ4n) is 3.26. The molecule has 0 radical (unpaired) electrons. The van der Waals surface area contributed by atoms with Gasteiger partial charge in [-0.25, -0.2) is 9.59 Å². The van der Waals surface area contributed by atoms with E-state index in [4.69, 9.17) is 10.5 Å². The van der Waals surface area contributed by atoms with Gasteiger partial charge in [-0.3, -0.25) is 14.4 Å². The van der Waals surface area contributed by atoms with E-state index in [1.807, 2.05) is 50.3 Å². The number of benzene rings is 1. The van der Waals surface area contributed by atoms with Crippen molar-refractivity contribution in [3.63, 3.8) is 0 Å². The van der Waals surface area contributed by atoms with Crippen molar-refractivity contribution in [2.75, 3.05) is 0 Å². The van der Waals surface area contributed by atoms with E-state index in [1.54, 1.807) is 13.0 Å². The highest BCUT2D eigenvalue weighted by Gasteiger charge is 2.33. The maximum Gasteiger partial charge on any atom is 0.329 e. The van der Waals surface area contributed by atoms with Crippen molar-refractivity contribution in [1.82, 2.24) is 10.6 Å². The minimum Gasteiger partial charge on any atom is -0.480 e. The summed E-state index contributed by atoms with van der Waals surface area (Å²) < 4.78 is 5.55. The second-order valence-corrected chi connectivity index (χ2v) is 8.89. The Balaban J connectivity index is 3.00. The number of ether oxygens (including phenoxy) is 1. The lowest BCUT2D eigenvalue weighted by atomic mass is 9.93. The number of hydrogen-bond acceptors (Lipinski definition) is 6. The summed E-state index contributed by atoms with van der Waals surface area (Å²) in [6.07, 6.45) is 3.46. The lowest BCUT2D eigenvalue weighted by molar-refractivity contribution is -0.157. The fourth-order valence-corrected chi connectivity index (χ4v) is 3.26. The monoisotopic (exact) mass is 515 g/mol. The van der Waals surface area contributed by atoms with E-state index in [2.05, 4.69) is 10.6 Å². The first-order valence-corrected chi connectivity index (χ1v) is 12.1. The summed E-state index contributed by atoms with van der Waals surface area (Å²) in [6.45, 7) is 8.43. The Kier molecular flexibility index (Phi) is 12.8. The van der Waals surface area contributed by atoms with Crippen molar-refractivity contribution < 1.29 is 33.8 Å². The zero-order valence-corrected chi connectivity index (χ0v) is 21.9. The molecule has 5 atom stereocenters. The molecule has 5 N–H and O–H groups in total. The average Bonchev–Trinajstić information content (AvgIpc) is 2.87. The third-order valence-corrected chi connectivity index (χ3v) is 6.04. The predicted molar refractivity (Wildman–Crippen MR) is 138 cm³/mol. The zero-order chi connectivity index (χ0) is 28.1. The Labute approximate surface area is 217 Å². The standard InChI is InChI=1S/C27H37N3O7/c1-6-16(2)12-15-23(32)30-24(18(4)20-10-8-7-9-11-20)27(36)37-19(5)17(3)25(33)29-21(26(34)35)13-14-22(28)31/h6-12,15,17-19,21,24H,13-14H2,1-5H3,(H2,28,31)(H,29,33)(H,30,32)(H,34,35). The Morgan fingerprint density at radius 1 is 1.03 bits per heavy atom. The number of primary amides is 1. The van der Waals surface area contributed by atoms with Gasteiger partial charge >= 0.3 is 11.9 Å². The van der Waals surface area contributed by atoms with Crippen LogP contribution in [0, 0.1) is 5.92 Å². The van der Waals surface area contributed by atoms with Crippen LogP contribution in [0.5, 0.6) is 0 Å². The molecule has 0 aliphatic carbocycles. The van der Waals surface area contributed by atoms with E-state index < -0.39 is 59.7 Å². The van der Waals surface area contributed by atoms with Crippen molar-refractivity contribution in [1.29, 1.82) is 0 Å². The molecule has 10 nitrogen and oxygen atoms in total. The first-order valence-electron chi connectivity index (χ1n) is 12.1. The SMILES string of the molecule is CC=C(C)C=CC(=O)NC(C(=O)OC(C)C(C)C(=O)NC(CCC(N)=O)C(=O)O)C(C)c1ccccc1.